The fraction of sp³-hybridized carbons (Fsp3) is 0.222. The molecular weight excluding hydrogens is 322 g/mol. The molecule has 3 N–H and O–H groups in total. The van der Waals surface area contributed by atoms with Gasteiger partial charge in [-0.25, -0.2) is 4.98 Å². The summed E-state index contributed by atoms with van der Waals surface area (Å²) in [6.45, 7) is 3.27. The van der Waals surface area contributed by atoms with Crippen molar-refractivity contribution in [3.05, 3.63) is 24.8 Å². The van der Waals surface area contributed by atoms with Gasteiger partial charge >= 0.3 is 28.3 Å². The van der Waals surface area contributed by atoms with E-state index in [0.29, 0.717) is 5.69 Å². The molecule has 0 spiro atoms. The molecule has 0 unspecified atom stereocenters. The van der Waals surface area contributed by atoms with E-state index in [1.165, 1.54) is 12.5 Å². The van der Waals surface area contributed by atoms with Crippen molar-refractivity contribution in [2.45, 2.75) is 12.5 Å². The Morgan fingerprint density at radius 3 is 2.71 bits per heavy atom. The van der Waals surface area contributed by atoms with Crippen LogP contribution in [0.5, 0.6) is 0 Å². The number of carboxylic acids is 2. The summed E-state index contributed by atoms with van der Waals surface area (Å²) >= 11 is 0. The molecule has 0 aliphatic heterocycles. The van der Waals surface area contributed by atoms with E-state index in [-0.39, 0.29) is 34.5 Å². The zero-order valence-corrected chi connectivity index (χ0v) is 10.1. The second kappa shape index (κ2) is 6.36. The second-order valence-corrected chi connectivity index (χ2v) is 3.16. The first-order valence-electron chi connectivity index (χ1n) is 4.33. The van der Waals surface area contributed by atoms with Crippen molar-refractivity contribution in [2.24, 2.45) is 5.73 Å². The van der Waals surface area contributed by atoms with Gasteiger partial charge in [0.25, 0.3) is 0 Å². The minimum absolute atomic E-state index is 0. The Hall–Kier alpha value is -1.41. The minimum atomic E-state index is -1.42. The SMILES string of the molecule is C=C(C(=O)[O-])n1cnc(C[C@H](N)C(=O)O)c1.[Ag+]. The third-order valence-electron chi connectivity index (χ3n) is 1.93. The molecule has 0 aliphatic carbocycles. The fourth-order valence-corrected chi connectivity index (χ4v) is 1.03. The molecule has 0 saturated carbocycles. The number of carboxylic acid groups (broad SMARTS) is 2. The zero-order chi connectivity index (χ0) is 12.3. The topological polar surface area (TPSA) is 121 Å². The van der Waals surface area contributed by atoms with E-state index >= 15 is 0 Å². The van der Waals surface area contributed by atoms with E-state index in [0.717, 1.165) is 4.57 Å². The molecule has 1 aromatic rings. The van der Waals surface area contributed by atoms with E-state index in [9.17, 15) is 14.7 Å². The Balaban J connectivity index is 0.00000256. The van der Waals surface area contributed by atoms with Gasteiger partial charge in [-0.05, 0) is 0 Å². The molecular formula is C9H10AgN3O4. The second-order valence-electron chi connectivity index (χ2n) is 3.16. The van der Waals surface area contributed by atoms with Crippen LogP contribution in [0.4, 0.5) is 0 Å². The maximum absolute atomic E-state index is 10.5. The molecule has 1 aromatic heterocycles. The molecule has 0 amide bonds. The Labute approximate surface area is 112 Å². The monoisotopic (exact) mass is 331 g/mol. The van der Waals surface area contributed by atoms with Gasteiger partial charge in [0.05, 0.1) is 23.7 Å². The zero-order valence-electron chi connectivity index (χ0n) is 8.59. The number of rotatable bonds is 5. The average molecular weight is 332 g/mol. The summed E-state index contributed by atoms with van der Waals surface area (Å²) in [6.07, 6.45) is 2.58. The number of nitrogens with two attached hydrogens (primary N) is 1. The fourth-order valence-electron chi connectivity index (χ4n) is 1.03. The van der Waals surface area contributed by atoms with Crippen LogP contribution in [0.3, 0.4) is 0 Å². The van der Waals surface area contributed by atoms with Gasteiger partial charge in [-0.2, -0.15) is 0 Å². The summed E-state index contributed by atoms with van der Waals surface area (Å²) in [4.78, 5) is 24.7. The molecule has 8 heteroatoms. The molecule has 1 heterocycles. The maximum atomic E-state index is 10.5. The first-order valence-corrected chi connectivity index (χ1v) is 4.33. The van der Waals surface area contributed by atoms with Crippen molar-refractivity contribution in [3.8, 4) is 0 Å². The summed E-state index contributed by atoms with van der Waals surface area (Å²) in [5.74, 6) is -2.57. The summed E-state index contributed by atoms with van der Waals surface area (Å²) in [6, 6.07) is -1.07. The Morgan fingerprint density at radius 2 is 2.24 bits per heavy atom. The van der Waals surface area contributed by atoms with Crippen molar-refractivity contribution in [1.82, 2.24) is 9.55 Å². The van der Waals surface area contributed by atoms with Gasteiger partial charge in [-0.1, -0.05) is 6.58 Å². The molecule has 7 nitrogen and oxygen atoms in total. The Kier molecular flexibility index (Phi) is 5.83. The normalized spacial score (nSPS) is 11.4. The van der Waals surface area contributed by atoms with E-state index in [4.69, 9.17) is 10.8 Å². The van der Waals surface area contributed by atoms with Crippen LogP contribution in [0.15, 0.2) is 19.1 Å². The van der Waals surface area contributed by atoms with Gasteiger partial charge in [0.15, 0.2) is 0 Å². The number of aromatic nitrogens is 2. The summed E-state index contributed by atoms with van der Waals surface area (Å²) < 4.78 is 1.14. The number of aliphatic carboxylic acids is 2. The van der Waals surface area contributed by atoms with Crippen molar-refractivity contribution in [2.75, 3.05) is 0 Å². The Bertz CT molecular complexity index is 443. The molecule has 0 aliphatic rings. The molecule has 0 aromatic carbocycles. The smallest absolute Gasteiger partial charge is 0.543 e. The predicted octanol–water partition coefficient (Wildman–Crippen LogP) is -1.94. The van der Waals surface area contributed by atoms with Gasteiger partial charge in [-0.3, -0.25) is 4.79 Å². The number of hydrogen-bond acceptors (Lipinski definition) is 5. The van der Waals surface area contributed by atoms with Crippen molar-refractivity contribution >= 4 is 17.6 Å². The van der Waals surface area contributed by atoms with Gasteiger partial charge < -0.3 is 25.3 Å². The third kappa shape index (κ3) is 4.16. The summed E-state index contributed by atoms with van der Waals surface area (Å²) in [5.41, 5.74) is 5.39. The van der Waals surface area contributed by atoms with Crippen molar-refractivity contribution in [3.63, 3.8) is 0 Å². The molecule has 17 heavy (non-hydrogen) atoms. The minimum Gasteiger partial charge on any atom is -0.543 e. The van der Waals surface area contributed by atoms with Crippen LogP contribution in [-0.4, -0.2) is 32.6 Å². The van der Waals surface area contributed by atoms with E-state index < -0.39 is 18.0 Å². The summed E-state index contributed by atoms with van der Waals surface area (Å²) in [5, 5.41) is 19.0. The van der Waals surface area contributed by atoms with Crippen LogP contribution >= 0.6 is 0 Å². The van der Waals surface area contributed by atoms with Crippen LogP contribution in [0.25, 0.3) is 5.70 Å². The molecule has 0 bridgehead atoms. The standard InChI is InChI=1S/C9H11N3O4.Ag/c1-5(8(13)14)12-3-6(11-4-12)2-7(10)9(15)16;/h3-4,7H,1-2,10H2,(H,13,14)(H,15,16);/q;+1/p-1/t7-;/m0./s1. The largest absolute Gasteiger partial charge is 1.00 e. The van der Waals surface area contributed by atoms with Crippen LogP contribution < -0.4 is 10.8 Å². The number of nitrogens with zero attached hydrogens (tertiary/aromatic N) is 2. The van der Waals surface area contributed by atoms with Gasteiger partial charge in [0, 0.05) is 12.6 Å². The first kappa shape index (κ1) is 15.6. The molecule has 1 rings (SSSR count). The molecule has 0 radical (unpaired) electrons. The van der Waals surface area contributed by atoms with Crippen LogP contribution in [0.2, 0.25) is 0 Å². The van der Waals surface area contributed by atoms with Gasteiger partial charge in [0.2, 0.25) is 0 Å². The van der Waals surface area contributed by atoms with Gasteiger partial charge in [0.1, 0.15) is 6.04 Å². The van der Waals surface area contributed by atoms with Gasteiger partial charge in [-0.15, -0.1) is 0 Å². The first-order chi connectivity index (χ1) is 7.41. The number of carbonyl (C=O) groups excluding carboxylic acids is 1. The Morgan fingerprint density at radius 1 is 1.65 bits per heavy atom. The number of imidazole rings is 1. The maximum Gasteiger partial charge on any atom is 1.00 e. The predicted molar refractivity (Wildman–Crippen MR) is 51.9 cm³/mol. The van der Waals surface area contributed by atoms with Crippen LogP contribution in [0, 0.1) is 0 Å². The molecule has 0 fully saturated rings. The van der Waals surface area contributed by atoms with E-state index in [1.807, 2.05) is 0 Å². The van der Waals surface area contributed by atoms with Crippen molar-refractivity contribution < 1.29 is 42.2 Å². The molecule has 96 valence electrons. The molecule has 0 saturated heterocycles. The quantitative estimate of drug-likeness (QED) is 0.478. The van der Waals surface area contributed by atoms with E-state index in [1.54, 1.807) is 0 Å². The summed E-state index contributed by atoms with van der Waals surface area (Å²) in [7, 11) is 0. The number of hydrogen-bond donors (Lipinski definition) is 2. The average Bonchev–Trinajstić information content (AvgIpc) is 2.64. The van der Waals surface area contributed by atoms with E-state index in [2.05, 4.69) is 11.6 Å². The third-order valence-corrected chi connectivity index (χ3v) is 1.93. The molecule has 1 atom stereocenters. The van der Waals surface area contributed by atoms with Crippen LogP contribution in [-0.2, 0) is 38.4 Å². The van der Waals surface area contributed by atoms with Crippen LogP contribution in [0.1, 0.15) is 5.69 Å². The van der Waals surface area contributed by atoms with Crippen molar-refractivity contribution in [1.29, 1.82) is 0 Å². The number of carbonyl (C=O) groups is 2.